The highest BCUT2D eigenvalue weighted by atomic mass is 35.5. The molecule has 0 unspecified atom stereocenters. The number of aromatic nitrogens is 1. The summed E-state index contributed by atoms with van der Waals surface area (Å²) in [4.78, 5) is 4.51. The van der Waals surface area contributed by atoms with Gasteiger partial charge in [0.25, 0.3) is 5.01 Å². The van der Waals surface area contributed by atoms with Crippen molar-refractivity contribution in [2.45, 2.75) is 20.4 Å². The number of para-hydroxylation sites is 2. The zero-order valence-corrected chi connectivity index (χ0v) is 20.8. The highest BCUT2D eigenvalue weighted by Gasteiger charge is 2.32. The van der Waals surface area contributed by atoms with Crippen LogP contribution in [-0.4, -0.2) is 6.54 Å². The fourth-order valence-corrected chi connectivity index (χ4v) is 5.81. The molecule has 0 bridgehead atoms. The van der Waals surface area contributed by atoms with Crippen molar-refractivity contribution in [3.63, 3.8) is 0 Å². The molecule has 5 rings (SSSR count). The fourth-order valence-electron chi connectivity index (χ4n) is 4.35. The number of benzene rings is 3. The van der Waals surface area contributed by atoms with Gasteiger partial charge in [0.2, 0.25) is 5.52 Å². The molecule has 1 aliphatic heterocycles. The summed E-state index contributed by atoms with van der Waals surface area (Å²) in [5.74, 6) is 1.07. The van der Waals surface area contributed by atoms with Crippen molar-refractivity contribution in [3.05, 3.63) is 99.8 Å². The lowest BCUT2D eigenvalue weighted by molar-refractivity contribution is -0.665. The molecule has 0 fully saturated rings. The second-order valence-corrected chi connectivity index (χ2v) is 9.58. The molecule has 4 aromatic rings. The summed E-state index contributed by atoms with van der Waals surface area (Å²) in [5, 5.41) is 2.35. The maximum Gasteiger partial charge on any atom is 0.262 e. The van der Waals surface area contributed by atoms with Crippen LogP contribution in [0.1, 0.15) is 18.9 Å². The van der Waals surface area contributed by atoms with Crippen molar-refractivity contribution in [2.24, 2.45) is 0 Å². The minimum Gasteiger partial charge on any atom is -0.326 e. The van der Waals surface area contributed by atoms with E-state index in [2.05, 4.69) is 95.0 Å². The summed E-state index contributed by atoms with van der Waals surface area (Å²) in [5.41, 5.74) is 4.44. The maximum absolute atomic E-state index is 6.43. The lowest BCUT2D eigenvalue weighted by atomic mass is 10.2. The molecule has 0 amide bonds. The Balaban J connectivity index is 1.61. The smallest absolute Gasteiger partial charge is 0.262 e. The largest absolute Gasteiger partial charge is 0.326 e. The molecule has 1 aromatic heterocycles. The van der Waals surface area contributed by atoms with Gasteiger partial charge in [-0.1, -0.05) is 70.9 Å². The van der Waals surface area contributed by atoms with E-state index in [9.17, 15) is 0 Å². The Hall–Kier alpha value is -2.79. The van der Waals surface area contributed by atoms with Crippen LogP contribution in [0, 0.1) is 0 Å². The second kappa shape index (κ2) is 9.22. The summed E-state index contributed by atoms with van der Waals surface area (Å²) in [6.45, 7) is 6.08. The highest BCUT2D eigenvalue weighted by Crippen LogP contribution is 2.48. The summed E-state index contributed by atoms with van der Waals surface area (Å²) in [7, 11) is 0. The van der Waals surface area contributed by atoms with E-state index in [0.29, 0.717) is 10.0 Å². The summed E-state index contributed by atoms with van der Waals surface area (Å²) >= 11 is 14.6. The van der Waals surface area contributed by atoms with E-state index in [4.69, 9.17) is 23.2 Å². The predicted octanol–water partition coefficient (Wildman–Crippen LogP) is 8.05. The van der Waals surface area contributed by atoms with Crippen molar-refractivity contribution in [3.8, 4) is 0 Å². The molecule has 0 spiro atoms. The minimum absolute atomic E-state index is 0.554. The molecule has 33 heavy (non-hydrogen) atoms. The topological polar surface area (TPSA) is 10.4 Å². The van der Waals surface area contributed by atoms with Crippen molar-refractivity contribution in [2.75, 3.05) is 16.3 Å². The third-order valence-corrected chi connectivity index (χ3v) is 7.68. The number of nitrogens with zero attached hydrogens (tertiary/aromatic N) is 3. The first-order chi connectivity index (χ1) is 16.1. The van der Waals surface area contributed by atoms with Crippen LogP contribution >= 0.6 is 34.5 Å². The monoisotopic (exact) mass is 492 g/mol. The molecule has 0 atom stereocenters. The molecular formula is C27H24Cl2N3S+. The van der Waals surface area contributed by atoms with E-state index >= 15 is 0 Å². The van der Waals surface area contributed by atoms with Gasteiger partial charge in [-0.2, -0.15) is 4.57 Å². The summed E-state index contributed by atoms with van der Waals surface area (Å²) < 4.78 is 3.65. The maximum atomic E-state index is 6.43. The zero-order chi connectivity index (χ0) is 22.9. The Labute approximate surface area is 208 Å². The van der Waals surface area contributed by atoms with Gasteiger partial charge in [0.05, 0.1) is 21.4 Å². The summed E-state index contributed by atoms with van der Waals surface area (Å²) in [6, 6.07) is 22.8. The van der Waals surface area contributed by atoms with Gasteiger partial charge >= 0.3 is 0 Å². The van der Waals surface area contributed by atoms with E-state index in [1.807, 2.05) is 29.5 Å². The SMILES string of the molecule is CCN1/C(=C/C=C/c2sc3ccccc3[n+]2CC)N(c2ccccc2)c2cc(Cl)c(Cl)cc21. The Kier molecular flexibility index (Phi) is 6.15. The first kappa shape index (κ1) is 22.0. The van der Waals surface area contributed by atoms with E-state index < -0.39 is 0 Å². The van der Waals surface area contributed by atoms with E-state index in [1.165, 1.54) is 15.2 Å². The van der Waals surface area contributed by atoms with Gasteiger partial charge in [0, 0.05) is 24.4 Å². The standard InChI is InChI=1S/C27H24Cl2N3S/c1-3-30-23-17-20(28)21(29)18-24(23)32(19-11-6-5-7-12-19)26(30)15-10-16-27-31(4-2)22-13-8-9-14-25(22)33-27/h5-18H,3-4H2,1-2H3/q+1. The number of allylic oxidation sites excluding steroid dienone is 2. The van der Waals surface area contributed by atoms with Crippen LogP contribution in [0.5, 0.6) is 0 Å². The zero-order valence-electron chi connectivity index (χ0n) is 18.5. The minimum atomic E-state index is 0.554. The molecule has 6 heteroatoms. The summed E-state index contributed by atoms with van der Waals surface area (Å²) in [6.07, 6.45) is 6.50. The molecule has 3 aromatic carbocycles. The van der Waals surface area contributed by atoms with Crippen LogP contribution in [0.2, 0.25) is 10.0 Å². The van der Waals surface area contributed by atoms with Crippen LogP contribution in [-0.2, 0) is 6.54 Å². The number of aryl methyl sites for hydroxylation is 1. The molecule has 0 N–H and O–H groups in total. The van der Waals surface area contributed by atoms with E-state index in [0.717, 1.165) is 36.0 Å². The lowest BCUT2D eigenvalue weighted by Crippen LogP contribution is -2.33. The van der Waals surface area contributed by atoms with Gasteiger partial charge in [-0.05, 0) is 50.3 Å². The Morgan fingerprint density at radius 1 is 0.909 bits per heavy atom. The predicted molar refractivity (Wildman–Crippen MR) is 143 cm³/mol. The number of rotatable bonds is 5. The van der Waals surface area contributed by atoms with Crippen LogP contribution in [0.15, 0.2) is 84.7 Å². The van der Waals surface area contributed by atoms with Crippen molar-refractivity contribution in [1.29, 1.82) is 0 Å². The Bertz CT molecular complexity index is 1380. The molecule has 0 saturated carbocycles. The fraction of sp³-hybridized carbons (Fsp3) is 0.148. The molecule has 166 valence electrons. The van der Waals surface area contributed by atoms with Gasteiger partial charge in [-0.15, -0.1) is 0 Å². The van der Waals surface area contributed by atoms with Gasteiger partial charge < -0.3 is 4.90 Å². The normalized spacial score (nSPS) is 14.7. The van der Waals surface area contributed by atoms with Crippen LogP contribution in [0.4, 0.5) is 17.1 Å². The van der Waals surface area contributed by atoms with E-state index in [1.54, 1.807) is 0 Å². The van der Waals surface area contributed by atoms with E-state index in [-0.39, 0.29) is 0 Å². The van der Waals surface area contributed by atoms with Gasteiger partial charge in [-0.3, -0.25) is 4.90 Å². The van der Waals surface area contributed by atoms with Crippen molar-refractivity contribution in [1.82, 2.24) is 0 Å². The average molecular weight is 493 g/mol. The first-order valence-corrected chi connectivity index (χ1v) is 12.6. The third-order valence-electron chi connectivity index (χ3n) is 5.82. The van der Waals surface area contributed by atoms with Crippen molar-refractivity contribution >= 4 is 67.9 Å². The molecule has 0 aliphatic carbocycles. The molecule has 0 saturated heterocycles. The van der Waals surface area contributed by atoms with Gasteiger partial charge in [0.1, 0.15) is 17.1 Å². The van der Waals surface area contributed by atoms with Crippen LogP contribution < -0.4 is 14.4 Å². The number of anilines is 3. The number of hydrogen-bond acceptors (Lipinski definition) is 3. The second-order valence-electron chi connectivity index (χ2n) is 7.71. The molecular weight excluding hydrogens is 469 g/mol. The Morgan fingerprint density at radius 2 is 1.61 bits per heavy atom. The quantitative estimate of drug-likeness (QED) is 0.261. The average Bonchev–Trinajstić information content (AvgIpc) is 3.34. The van der Waals surface area contributed by atoms with Crippen LogP contribution in [0.25, 0.3) is 16.3 Å². The third kappa shape index (κ3) is 3.93. The number of halogens is 2. The first-order valence-electron chi connectivity index (χ1n) is 11.0. The van der Waals surface area contributed by atoms with Crippen molar-refractivity contribution < 1.29 is 4.57 Å². The number of thiazole rings is 1. The van der Waals surface area contributed by atoms with Gasteiger partial charge in [-0.25, -0.2) is 0 Å². The molecule has 2 heterocycles. The number of hydrogen-bond donors (Lipinski definition) is 0. The molecule has 1 aliphatic rings. The highest BCUT2D eigenvalue weighted by molar-refractivity contribution is 7.18. The Morgan fingerprint density at radius 3 is 2.33 bits per heavy atom. The molecule has 0 radical (unpaired) electrons. The van der Waals surface area contributed by atoms with Crippen LogP contribution in [0.3, 0.4) is 0 Å². The van der Waals surface area contributed by atoms with Gasteiger partial charge in [0.15, 0.2) is 0 Å². The lowest BCUT2D eigenvalue weighted by Gasteiger charge is -2.24. The number of fused-ring (bicyclic) bond motifs is 2. The molecule has 3 nitrogen and oxygen atoms in total.